The second-order valence-corrected chi connectivity index (χ2v) is 9.56. The molecular formula is C23H36FN3O7. The summed E-state index contributed by atoms with van der Waals surface area (Å²) in [6, 6.07) is 4.79. The Morgan fingerprint density at radius 2 is 1.68 bits per heavy atom. The standard InChI is InChI=1S/C23H36FN3O7/c1-12-10-22(30,11-27-9-8-13-4-6-14(24)7-5-13)23(31)21(32-12)33-20-18(29)15(25-2)17(28)16(26-3)19(20)34-23/h4-7,12,15-21,25-31H,8-11H2,1-3H3/t12-,15-,16+,17+,18+,19?,20-,21+,22-,23-/m1/s1. The third-order valence-electron chi connectivity index (χ3n) is 7.27. The average molecular weight is 486 g/mol. The topological polar surface area (TPSA) is 145 Å². The molecule has 0 spiro atoms. The zero-order chi connectivity index (χ0) is 24.7. The number of likely N-dealkylation sites (N-methyl/N-ethyl adjacent to an activating group) is 2. The van der Waals surface area contributed by atoms with Gasteiger partial charge in [-0.15, -0.1) is 0 Å². The van der Waals surface area contributed by atoms with Gasteiger partial charge in [0, 0.05) is 13.0 Å². The van der Waals surface area contributed by atoms with Crippen LogP contribution in [0.4, 0.5) is 4.39 Å². The van der Waals surface area contributed by atoms with Gasteiger partial charge in [0.25, 0.3) is 0 Å². The molecule has 1 aromatic rings. The number of fused-ring (bicyclic) bond motifs is 2. The molecule has 10 nitrogen and oxygen atoms in total. The first-order chi connectivity index (χ1) is 16.1. The lowest BCUT2D eigenvalue weighted by Crippen LogP contribution is -2.81. The molecular weight excluding hydrogens is 449 g/mol. The minimum absolute atomic E-state index is 0.0237. The van der Waals surface area contributed by atoms with Crippen molar-refractivity contribution >= 4 is 0 Å². The molecule has 11 heteroatoms. The van der Waals surface area contributed by atoms with E-state index < -0.39 is 60.3 Å². The summed E-state index contributed by atoms with van der Waals surface area (Å²) in [4.78, 5) is 0. The molecule has 3 fully saturated rings. The van der Waals surface area contributed by atoms with Crippen molar-refractivity contribution < 1.29 is 39.0 Å². The van der Waals surface area contributed by atoms with Gasteiger partial charge in [-0.2, -0.15) is 0 Å². The predicted molar refractivity (Wildman–Crippen MR) is 119 cm³/mol. The summed E-state index contributed by atoms with van der Waals surface area (Å²) in [5.41, 5.74) is -0.851. The lowest BCUT2D eigenvalue weighted by Gasteiger charge is -2.60. The molecule has 3 aliphatic rings. The summed E-state index contributed by atoms with van der Waals surface area (Å²) in [7, 11) is 3.26. The van der Waals surface area contributed by atoms with Gasteiger partial charge in [-0.05, 0) is 51.7 Å². The van der Waals surface area contributed by atoms with Gasteiger partial charge in [-0.1, -0.05) is 12.1 Å². The summed E-state index contributed by atoms with van der Waals surface area (Å²) in [6.45, 7) is 2.20. The van der Waals surface area contributed by atoms with Crippen molar-refractivity contribution in [3.63, 3.8) is 0 Å². The van der Waals surface area contributed by atoms with Crippen LogP contribution in [0.2, 0.25) is 0 Å². The molecule has 0 amide bonds. The first kappa shape index (κ1) is 25.8. The van der Waals surface area contributed by atoms with E-state index in [-0.39, 0.29) is 18.8 Å². The van der Waals surface area contributed by atoms with Crippen molar-refractivity contribution in [3.05, 3.63) is 35.6 Å². The van der Waals surface area contributed by atoms with E-state index in [9.17, 15) is 24.8 Å². The molecule has 1 aromatic carbocycles. The molecule has 1 unspecified atom stereocenters. The van der Waals surface area contributed by atoms with Crippen LogP contribution in [0.25, 0.3) is 0 Å². The van der Waals surface area contributed by atoms with Gasteiger partial charge in [0.15, 0.2) is 0 Å². The second-order valence-electron chi connectivity index (χ2n) is 9.56. The Kier molecular flexibility index (Phi) is 7.61. The summed E-state index contributed by atoms with van der Waals surface area (Å²) in [5, 5.41) is 53.8. The van der Waals surface area contributed by atoms with Gasteiger partial charge >= 0.3 is 0 Å². The molecule has 34 heavy (non-hydrogen) atoms. The van der Waals surface area contributed by atoms with Gasteiger partial charge in [-0.25, -0.2) is 4.39 Å². The molecule has 0 bridgehead atoms. The van der Waals surface area contributed by atoms with Crippen LogP contribution in [-0.2, 0) is 20.6 Å². The van der Waals surface area contributed by atoms with Crippen molar-refractivity contribution in [2.24, 2.45) is 0 Å². The molecule has 10 atom stereocenters. The molecule has 1 aliphatic carbocycles. The number of halogens is 1. The van der Waals surface area contributed by atoms with Gasteiger partial charge in [0.2, 0.25) is 12.1 Å². The van der Waals surface area contributed by atoms with Gasteiger partial charge in [-0.3, -0.25) is 0 Å². The highest BCUT2D eigenvalue weighted by Gasteiger charge is 2.68. The third-order valence-corrected chi connectivity index (χ3v) is 7.27. The first-order valence-electron chi connectivity index (χ1n) is 11.7. The number of benzene rings is 1. The SMILES string of the molecule is CN[C@@H]1[C@H](O)[C@H](NC)C2O[C@]3(O)[C@@H](O[C@H](C)C[C@@]3(O)CNCCc3ccc(F)cc3)O[C@@H]2[C@H]1O. The Labute approximate surface area is 198 Å². The predicted octanol–water partition coefficient (Wildman–Crippen LogP) is -1.79. The van der Waals surface area contributed by atoms with Gasteiger partial charge < -0.3 is 50.6 Å². The van der Waals surface area contributed by atoms with E-state index in [4.69, 9.17) is 14.2 Å². The zero-order valence-corrected chi connectivity index (χ0v) is 19.6. The number of aliphatic hydroxyl groups is 4. The van der Waals surface area contributed by atoms with Gasteiger partial charge in [0.1, 0.15) is 29.7 Å². The van der Waals surface area contributed by atoms with Crippen LogP contribution in [0.5, 0.6) is 0 Å². The van der Waals surface area contributed by atoms with Crippen LogP contribution in [0.3, 0.4) is 0 Å². The number of hydrogen-bond donors (Lipinski definition) is 7. The molecule has 4 rings (SSSR count). The Hall–Kier alpha value is -1.25. The summed E-state index contributed by atoms with van der Waals surface area (Å²) in [5.74, 6) is -2.55. The van der Waals surface area contributed by atoms with Crippen LogP contribution in [0.15, 0.2) is 24.3 Å². The Balaban J connectivity index is 1.50. The Morgan fingerprint density at radius 1 is 1.00 bits per heavy atom. The van der Waals surface area contributed by atoms with E-state index in [1.807, 2.05) is 0 Å². The van der Waals surface area contributed by atoms with Crippen LogP contribution in [0, 0.1) is 5.82 Å². The van der Waals surface area contributed by atoms with E-state index in [0.717, 1.165) is 5.56 Å². The molecule has 2 saturated heterocycles. The fourth-order valence-corrected chi connectivity index (χ4v) is 5.41. The van der Waals surface area contributed by atoms with Crippen molar-refractivity contribution in [2.75, 3.05) is 27.2 Å². The Morgan fingerprint density at radius 3 is 2.32 bits per heavy atom. The maximum absolute atomic E-state index is 13.1. The lowest BCUT2D eigenvalue weighted by molar-refractivity contribution is -0.482. The summed E-state index contributed by atoms with van der Waals surface area (Å²) in [6.07, 6.45) is -5.19. The van der Waals surface area contributed by atoms with E-state index in [1.54, 1.807) is 33.2 Å². The molecule has 2 heterocycles. The van der Waals surface area contributed by atoms with E-state index in [2.05, 4.69) is 16.0 Å². The number of ether oxygens (including phenoxy) is 3. The quantitative estimate of drug-likeness (QED) is 0.221. The highest BCUT2D eigenvalue weighted by molar-refractivity contribution is 5.16. The zero-order valence-electron chi connectivity index (χ0n) is 19.6. The number of rotatable bonds is 7. The van der Waals surface area contributed by atoms with Crippen LogP contribution in [0.1, 0.15) is 18.9 Å². The molecule has 2 aliphatic heterocycles. The largest absolute Gasteiger partial charge is 0.390 e. The number of hydrogen-bond acceptors (Lipinski definition) is 10. The highest BCUT2D eigenvalue weighted by Crippen LogP contribution is 2.46. The van der Waals surface area contributed by atoms with E-state index >= 15 is 0 Å². The van der Waals surface area contributed by atoms with Crippen LogP contribution < -0.4 is 16.0 Å². The summed E-state index contributed by atoms with van der Waals surface area (Å²) >= 11 is 0. The molecule has 0 aromatic heterocycles. The highest BCUT2D eigenvalue weighted by atomic mass is 19.1. The lowest BCUT2D eigenvalue weighted by atomic mass is 9.77. The van der Waals surface area contributed by atoms with Crippen LogP contribution in [-0.4, -0.2) is 108 Å². The fraction of sp³-hybridized carbons (Fsp3) is 0.739. The van der Waals surface area contributed by atoms with E-state index in [1.165, 1.54) is 12.1 Å². The minimum Gasteiger partial charge on any atom is -0.390 e. The normalized spacial score (nSPS) is 44.4. The summed E-state index contributed by atoms with van der Waals surface area (Å²) < 4.78 is 31.0. The van der Waals surface area contributed by atoms with Gasteiger partial charge in [0.05, 0.1) is 24.3 Å². The third kappa shape index (κ3) is 4.50. The number of aliphatic hydroxyl groups excluding tert-OH is 2. The smallest absolute Gasteiger partial charge is 0.249 e. The maximum atomic E-state index is 13.1. The first-order valence-corrected chi connectivity index (χ1v) is 11.7. The molecule has 1 saturated carbocycles. The van der Waals surface area contributed by atoms with Crippen molar-refractivity contribution in [1.29, 1.82) is 0 Å². The molecule has 0 radical (unpaired) electrons. The fourth-order valence-electron chi connectivity index (χ4n) is 5.41. The minimum atomic E-state index is -2.25. The molecule has 192 valence electrons. The van der Waals surface area contributed by atoms with Crippen LogP contribution >= 0.6 is 0 Å². The number of nitrogens with one attached hydrogen (secondary N) is 3. The van der Waals surface area contributed by atoms with Crippen molar-refractivity contribution in [3.8, 4) is 0 Å². The maximum Gasteiger partial charge on any atom is 0.249 e. The average Bonchev–Trinajstić information content (AvgIpc) is 2.79. The molecule has 7 N–H and O–H groups in total. The van der Waals surface area contributed by atoms with Crippen molar-refractivity contribution in [2.45, 2.75) is 80.0 Å². The Bertz CT molecular complexity index is 835. The monoisotopic (exact) mass is 485 g/mol. The second kappa shape index (κ2) is 10.0. The van der Waals surface area contributed by atoms with Crippen molar-refractivity contribution in [1.82, 2.24) is 16.0 Å². The van der Waals surface area contributed by atoms with E-state index in [0.29, 0.717) is 13.0 Å².